The van der Waals surface area contributed by atoms with Gasteiger partial charge in [0.25, 0.3) is 0 Å². The van der Waals surface area contributed by atoms with Gasteiger partial charge in [-0.2, -0.15) is 0 Å². The molecule has 3 nitrogen and oxygen atoms in total. The molecule has 0 heterocycles. The molecule has 0 bridgehead atoms. The van der Waals surface area contributed by atoms with E-state index in [0.717, 1.165) is 53.8 Å². The van der Waals surface area contributed by atoms with Crippen LogP contribution < -0.4 is 10.1 Å². The van der Waals surface area contributed by atoms with Gasteiger partial charge in [0, 0.05) is 10.7 Å². The first-order valence-electron chi connectivity index (χ1n) is 9.19. The number of aryl methyl sites for hydroxylation is 2. The van der Waals surface area contributed by atoms with E-state index in [-0.39, 0.29) is 5.91 Å². The Labute approximate surface area is 160 Å². The molecule has 2 aromatic rings. The van der Waals surface area contributed by atoms with Crippen LogP contribution in [0.5, 0.6) is 5.75 Å². The minimum atomic E-state index is -0.482. The maximum Gasteiger partial charge on any atom is 0.235 e. The first-order valence-corrected chi connectivity index (χ1v) is 9.57. The van der Waals surface area contributed by atoms with Crippen LogP contribution in [0.2, 0.25) is 5.02 Å². The molecule has 2 aromatic carbocycles. The minimum Gasteiger partial charge on any atom is -0.496 e. The highest BCUT2D eigenvalue weighted by Gasteiger charge is 2.41. The maximum absolute atomic E-state index is 13.4. The SMILES string of the molecule is COc1c(C)cc(NC(=O)C2(c3ccc(Cl)cc3)CCCCC2)cc1C. The van der Waals surface area contributed by atoms with Crippen LogP contribution in [0.3, 0.4) is 0 Å². The quantitative estimate of drug-likeness (QED) is 0.736. The van der Waals surface area contributed by atoms with E-state index in [1.165, 1.54) is 6.42 Å². The van der Waals surface area contributed by atoms with Gasteiger partial charge in [0.1, 0.15) is 5.75 Å². The number of hydrogen-bond acceptors (Lipinski definition) is 2. The van der Waals surface area contributed by atoms with Crippen molar-refractivity contribution in [3.05, 3.63) is 58.1 Å². The molecule has 0 aliphatic heterocycles. The van der Waals surface area contributed by atoms with E-state index >= 15 is 0 Å². The van der Waals surface area contributed by atoms with E-state index in [2.05, 4.69) is 5.32 Å². The van der Waals surface area contributed by atoms with Crippen molar-refractivity contribution < 1.29 is 9.53 Å². The van der Waals surface area contributed by atoms with Crippen molar-refractivity contribution in [3.8, 4) is 5.75 Å². The fourth-order valence-electron chi connectivity index (χ4n) is 4.17. The highest BCUT2D eigenvalue weighted by molar-refractivity contribution is 6.30. The molecule has 3 rings (SSSR count). The summed E-state index contributed by atoms with van der Waals surface area (Å²) in [4.78, 5) is 13.4. The maximum atomic E-state index is 13.4. The highest BCUT2D eigenvalue weighted by atomic mass is 35.5. The van der Waals surface area contributed by atoms with E-state index in [0.29, 0.717) is 5.02 Å². The molecular weight excluding hydrogens is 346 g/mol. The lowest BCUT2D eigenvalue weighted by atomic mass is 9.68. The number of carbonyl (C=O) groups is 1. The molecule has 1 aliphatic rings. The number of rotatable bonds is 4. The zero-order chi connectivity index (χ0) is 18.7. The number of ether oxygens (including phenoxy) is 1. The van der Waals surface area contributed by atoms with Crippen molar-refractivity contribution in [2.24, 2.45) is 0 Å². The van der Waals surface area contributed by atoms with Gasteiger partial charge in [0.2, 0.25) is 5.91 Å². The standard InChI is InChI=1S/C22H26ClNO2/c1-15-13-19(14-16(2)20(15)26-3)24-21(25)22(11-5-4-6-12-22)17-7-9-18(23)10-8-17/h7-10,13-14H,4-6,11-12H2,1-3H3,(H,24,25). The molecule has 1 fully saturated rings. The molecule has 0 saturated heterocycles. The Bertz CT molecular complexity index is 769. The third-order valence-electron chi connectivity index (χ3n) is 5.46. The predicted molar refractivity (Wildman–Crippen MR) is 107 cm³/mol. The van der Waals surface area contributed by atoms with Crippen molar-refractivity contribution >= 4 is 23.2 Å². The Hall–Kier alpha value is -2.00. The van der Waals surface area contributed by atoms with Crippen molar-refractivity contribution in [1.29, 1.82) is 0 Å². The Morgan fingerprint density at radius 1 is 1.04 bits per heavy atom. The molecule has 26 heavy (non-hydrogen) atoms. The fraction of sp³-hybridized carbons (Fsp3) is 0.409. The average molecular weight is 372 g/mol. The number of nitrogens with one attached hydrogen (secondary N) is 1. The van der Waals surface area contributed by atoms with Gasteiger partial charge in [-0.25, -0.2) is 0 Å². The van der Waals surface area contributed by atoms with Crippen LogP contribution in [0.15, 0.2) is 36.4 Å². The Balaban J connectivity index is 1.93. The van der Waals surface area contributed by atoms with Gasteiger partial charge < -0.3 is 10.1 Å². The molecular formula is C22H26ClNO2. The molecule has 0 aromatic heterocycles. The van der Waals surface area contributed by atoms with E-state index < -0.39 is 5.41 Å². The first kappa shape index (κ1) is 18.8. The van der Waals surface area contributed by atoms with E-state index in [1.54, 1.807) is 7.11 Å². The zero-order valence-electron chi connectivity index (χ0n) is 15.7. The van der Waals surface area contributed by atoms with Gasteiger partial charge >= 0.3 is 0 Å². The number of halogens is 1. The second kappa shape index (κ2) is 7.71. The van der Waals surface area contributed by atoms with Crippen molar-refractivity contribution in [3.63, 3.8) is 0 Å². The summed E-state index contributed by atoms with van der Waals surface area (Å²) in [5.74, 6) is 0.941. The Morgan fingerprint density at radius 2 is 1.62 bits per heavy atom. The topological polar surface area (TPSA) is 38.3 Å². The molecule has 0 radical (unpaired) electrons. The van der Waals surface area contributed by atoms with Gasteiger partial charge in [-0.1, -0.05) is 43.0 Å². The summed E-state index contributed by atoms with van der Waals surface area (Å²) < 4.78 is 5.43. The zero-order valence-corrected chi connectivity index (χ0v) is 16.5. The summed E-state index contributed by atoms with van der Waals surface area (Å²) in [6.07, 6.45) is 5.06. The van der Waals surface area contributed by atoms with E-state index in [1.807, 2.05) is 50.2 Å². The molecule has 1 amide bonds. The van der Waals surface area contributed by atoms with Gasteiger partial charge in [-0.15, -0.1) is 0 Å². The van der Waals surface area contributed by atoms with Gasteiger partial charge in [0.05, 0.1) is 12.5 Å². The largest absolute Gasteiger partial charge is 0.496 e. The summed E-state index contributed by atoms with van der Waals surface area (Å²) in [7, 11) is 1.67. The lowest BCUT2D eigenvalue weighted by Gasteiger charge is -2.36. The third kappa shape index (κ3) is 3.59. The molecule has 1 saturated carbocycles. The molecule has 138 valence electrons. The number of amides is 1. The molecule has 1 aliphatic carbocycles. The van der Waals surface area contributed by atoms with Crippen LogP contribution in [0.4, 0.5) is 5.69 Å². The molecule has 0 atom stereocenters. The number of hydrogen-bond donors (Lipinski definition) is 1. The van der Waals surface area contributed by atoms with Crippen molar-refractivity contribution in [2.45, 2.75) is 51.4 Å². The fourth-order valence-corrected chi connectivity index (χ4v) is 4.29. The summed E-state index contributed by atoms with van der Waals surface area (Å²) >= 11 is 6.06. The number of anilines is 1. The second-order valence-corrected chi connectivity index (χ2v) is 7.68. The number of methoxy groups -OCH3 is 1. The number of carbonyl (C=O) groups excluding carboxylic acids is 1. The Morgan fingerprint density at radius 3 is 2.15 bits per heavy atom. The third-order valence-corrected chi connectivity index (χ3v) is 5.71. The normalized spacial score (nSPS) is 16.2. The van der Waals surface area contributed by atoms with Crippen LogP contribution in [0, 0.1) is 13.8 Å². The highest BCUT2D eigenvalue weighted by Crippen LogP contribution is 2.41. The summed E-state index contributed by atoms with van der Waals surface area (Å²) in [5.41, 5.74) is 3.44. The molecule has 0 unspecified atom stereocenters. The number of benzene rings is 2. The predicted octanol–water partition coefficient (Wildman–Crippen LogP) is 5.81. The van der Waals surface area contributed by atoms with Gasteiger partial charge in [-0.3, -0.25) is 4.79 Å². The first-order chi connectivity index (χ1) is 12.5. The van der Waals surface area contributed by atoms with Crippen LogP contribution >= 0.6 is 11.6 Å². The molecule has 0 spiro atoms. The Kier molecular flexibility index (Phi) is 5.57. The lowest BCUT2D eigenvalue weighted by molar-refractivity contribution is -0.122. The second-order valence-electron chi connectivity index (χ2n) is 7.25. The van der Waals surface area contributed by atoms with Crippen LogP contribution in [-0.4, -0.2) is 13.0 Å². The summed E-state index contributed by atoms with van der Waals surface area (Å²) in [6.45, 7) is 3.99. The summed E-state index contributed by atoms with van der Waals surface area (Å²) in [6, 6.07) is 11.7. The monoisotopic (exact) mass is 371 g/mol. The lowest BCUT2D eigenvalue weighted by Crippen LogP contribution is -2.42. The molecule has 4 heteroatoms. The van der Waals surface area contributed by atoms with E-state index in [9.17, 15) is 4.79 Å². The van der Waals surface area contributed by atoms with E-state index in [4.69, 9.17) is 16.3 Å². The molecule has 1 N–H and O–H groups in total. The van der Waals surface area contributed by atoms with Crippen LogP contribution in [-0.2, 0) is 10.2 Å². The van der Waals surface area contributed by atoms with Crippen molar-refractivity contribution in [2.75, 3.05) is 12.4 Å². The van der Waals surface area contributed by atoms with Crippen molar-refractivity contribution in [1.82, 2.24) is 0 Å². The van der Waals surface area contributed by atoms with Gasteiger partial charge in [-0.05, 0) is 67.6 Å². The van der Waals surface area contributed by atoms with Gasteiger partial charge in [0.15, 0.2) is 0 Å². The summed E-state index contributed by atoms with van der Waals surface area (Å²) in [5, 5.41) is 3.87. The smallest absolute Gasteiger partial charge is 0.235 e. The minimum absolute atomic E-state index is 0.0727. The average Bonchev–Trinajstić information content (AvgIpc) is 2.62. The van der Waals surface area contributed by atoms with Crippen LogP contribution in [0.1, 0.15) is 48.8 Å². The van der Waals surface area contributed by atoms with Crippen LogP contribution in [0.25, 0.3) is 0 Å².